The number of hydrazine groups is 1. The van der Waals surface area contributed by atoms with E-state index in [2.05, 4.69) is 0 Å². The molecule has 110 valence electrons. The third-order valence-corrected chi connectivity index (χ3v) is 3.21. The van der Waals surface area contributed by atoms with E-state index in [0.29, 0.717) is 10.8 Å². The molecule has 6 heteroatoms. The van der Waals surface area contributed by atoms with Gasteiger partial charge in [-0.1, -0.05) is 17.7 Å². The number of hydrogen-bond donors (Lipinski definition) is 2. The number of halogens is 2. The van der Waals surface area contributed by atoms with Crippen molar-refractivity contribution < 1.29 is 13.9 Å². The Morgan fingerprint density at radius 1 is 1.33 bits per heavy atom. The first-order valence-corrected chi connectivity index (χ1v) is 6.57. The first-order valence-electron chi connectivity index (χ1n) is 6.19. The smallest absolute Gasteiger partial charge is 0.265 e. The van der Waals surface area contributed by atoms with Gasteiger partial charge in [-0.2, -0.15) is 0 Å². The fourth-order valence-corrected chi connectivity index (χ4v) is 1.96. The maximum absolute atomic E-state index is 13.8. The summed E-state index contributed by atoms with van der Waals surface area (Å²) in [6.07, 6.45) is 0. The van der Waals surface area contributed by atoms with Gasteiger partial charge in [0.1, 0.15) is 18.2 Å². The Morgan fingerprint density at radius 2 is 2.10 bits per heavy atom. The summed E-state index contributed by atoms with van der Waals surface area (Å²) in [4.78, 5) is 11.4. The first kappa shape index (κ1) is 15.3. The summed E-state index contributed by atoms with van der Waals surface area (Å²) < 4.78 is 19.3. The standard InChI is InChI=1S/C15H14ClFN2O2/c1-9-2-4-12(16)7-14(9)21-8-11-6-10(15(20)19-18)3-5-13(11)17/h2-7H,8,18H2,1H3,(H,19,20). The molecule has 0 aliphatic rings. The number of carbonyl (C=O) groups is 1. The van der Waals surface area contributed by atoms with Crippen LogP contribution in [-0.4, -0.2) is 5.91 Å². The van der Waals surface area contributed by atoms with Crippen LogP contribution in [0.4, 0.5) is 4.39 Å². The molecular weight excluding hydrogens is 295 g/mol. The Balaban J connectivity index is 2.19. The molecule has 21 heavy (non-hydrogen) atoms. The molecule has 2 rings (SSSR count). The number of nitrogen functional groups attached to an aromatic ring is 1. The van der Waals surface area contributed by atoms with Gasteiger partial charge in [-0.05, 0) is 42.8 Å². The van der Waals surface area contributed by atoms with Crippen molar-refractivity contribution in [2.75, 3.05) is 0 Å². The number of nitrogens with two attached hydrogens (primary N) is 1. The minimum absolute atomic E-state index is 0.0152. The van der Waals surface area contributed by atoms with E-state index in [1.54, 1.807) is 12.1 Å². The predicted octanol–water partition coefficient (Wildman–Crippen LogP) is 2.97. The molecule has 0 aliphatic heterocycles. The van der Waals surface area contributed by atoms with Crippen LogP contribution in [0, 0.1) is 12.7 Å². The number of nitrogens with one attached hydrogen (secondary N) is 1. The third-order valence-electron chi connectivity index (χ3n) is 2.97. The van der Waals surface area contributed by atoms with Gasteiger partial charge in [-0.25, -0.2) is 10.2 Å². The second kappa shape index (κ2) is 6.56. The summed E-state index contributed by atoms with van der Waals surface area (Å²) in [6, 6.07) is 9.17. The molecule has 0 aliphatic carbocycles. The normalized spacial score (nSPS) is 10.3. The van der Waals surface area contributed by atoms with Gasteiger partial charge < -0.3 is 4.74 Å². The summed E-state index contributed by atoms with van der Waals surface area (Å²) in [5, 5.41) is 0.535. The van der Waals surface area contributed by atoms with E-state index in [9.17, 15) is 9.18 Å². The monoisotopic (exact) mass is 308 g/mol. The van der Waals surface area contributed by atoms with Crippen molar-refractivity contribution in [1.29, 1.82) is 0 Å². The van der Waals surface area contributed by atoms with Gasteiger partial charge >= 0.3 is 0 Å². The van der Waals surface area contributed by atoms with E-state index >= 15 is 0 Å². The molecule has 0 fully saturated rings. The van der Waals surface area contributed by atoms with Crippen molar-refractivity contribution in [3.8, 4) is 5.75 Å². The Labute approximate surface area is 126 Å². The van der Waals surface area contributed by atoms with Crippen molar-refractivity contribution in [3.05, 3.63) is 63.9 Å². The first-order chi connectivity index (χ1) is 10.0. The molecule has 0 spiro atoms. The predicted molar refractivity (Wildman–Crippen MR) is 78.6 cm³/mol. The average Bonchev–Trinajstić information content (AvgIpc) is 2.48. The molecule has 2 aromatic carbocycles. The molecule has 0 saturated carbocycles. The highest BCUT2D eigenvalue weighted by atomic mass is 35.5. The van der Waals surface area contributed by atoms with E-state index in [0.717, 1.165) is 5.56 Å². The fourth-order valence-electron chi connectivity index (χ4n) is 1.79. The minimum Gasteiger partial charge on any atom is -0.488 e. The molecule has 0 heterocycles. The number of hydrogen-bond acceptors (Lipinski definition) is 3. The minimum atomic E-state index is -0.491. The zero-order chi connectivity index (χ0) is 15.4. The molecular formula is C15H14ClFN2O2. The lowest BCUT2D eigenvalue weighted by molar-refractivity contribution is 0.0953. The van der Waals surface area contributed by atoms with Crippen molar-refractivity contribution in [3.63, 3.8) is 0 Å². The molecule has 0 unspecified atom stereocenters. The Bertz CT molecular complexity index is 677. The summed E-state index contributed by atoms with van der Waals surface area (Å²) >= 11 is 5.89. The number of amides is 1. The Morgan fingerprint density at radius 3 is 2.81 bits per heavy atom. The SMILES string of the molecule is Cc1ccc(Cl)cc1OCc1cc(C(=O)NN)ccc1F. The van der Waals surface area contributed by atoms with Crippen LogP contribution in [0.15, 0.2) is 36.4 Å². The summed E-state index contributed by atoms with van der Waals surface area (Å²) in [6.45, 7) is 1.85. The fraction of sp³-hybridized carbons (Fsp3) is 0.133. The number of ether oxygens (including phenoxy) is 1. The van der Waals surface area contributed by atoms with E-state index in [-0.39, 0.29) is 17.7 Å². The van der Waals surface area contributed by atoms with Gasteiger partial charge in [0.2, 0.25) is 0 Å². The third kappa shape index (κ3) is 3.71. The lowest BCUT2D eigenvalue weighted by Gasteiger charge is -2.11. The summed E-state index contributed by atoms with van der Waals surface area (Å²) in [5.74, 6) is 4.67. The van der Waals surface area contributed by atoms with Crippen molar-refractivity contribution in [2.45, 2.75) is 13.5 Å². The molecule has 0 saturated heterocycles. The number of carbonyl (C=O) groups excluding carboxylic acids is 1. The zero-order valence-corrected chi connectivity index (χ0v) is 12.1. The molecule has 0 bridgehead atoms. The van der Waals surface area contributed by atoms with Gasteiger partial charge in [0, 0.05) is 16.1 Å². The molecule has 0 atom stereocenters. The lowest BCUT2D eigenvalue weighted by atomic mass is 10.1. The molecule has 2 aromatic rings. The van der Waals surface area contributed by atoms with Crippen LogP contribution >= 0.6 is 11.6 Å². The van der Waals surface area contributed by atoms with Crippen molar-refractivity contribution in [1.82, 2.24) is 5.43 Å². The number of aryl methyl sites for hydroxylation is 1. The van der Waals surface area contributed by atoms with Crippen LogP contribution in [0.3, 0.4) is 0 Å². The molecule has 0 radical (unpaired) electrons. The maximum atomic E-state index is 13.8. The van der Waals surface area contributed by atoms with Gasteiger partial charge in [-0.15, -0.1) is 0 Å². The molecule has 3 N–H and O–H groups in total. The highest BCUT2D eigenvalue weighted by Crippen LogP contribution is 2.24. The van der Waals surface area contributed by atoms with Crippen LogP contribution < -0.4 is 16.0 Å². The van der Waals surface area contributed by atoms with Gasteiger partial charge in [0.25, 0.3) is 5.91 Å². The van der Waals surface area contributed by atoms with Gasteiger partial charge in [0.05, 0.1) is 0 Å². The van der Waals surface area contributed by atoms with Crippen LogP contribution in [0.25, 0.3) is 0 Å². The van der Waals surface area contributed by atoms with Crippen LogP contribution in [0.1, 0.15) is 21.5 Å². The van der Waals surface area contributed by atoms with Crippen molar-refractivity contribution >= 4 is 17.5 Å². The molecule has 0 aromatic heterocycles. The highest BCUT2D eigenvalue weighted by Gasteiger charge is 2.10. The van der Waals surface area contributed by atoms with Crippen LogP contribution in [0.2, 0.25) is 5.02 Å². The van der Waals surface area contributed by atoms with Gasteiger partial charge in [0.15, 0.2) is 0 Å². The van der Waals surface area contributed by atoms with E-state index < -0.39 is 11.7 Å². The topological polar surface area (TPSA) is 64.3 Å². The van der Waals surface area contributed by atoms with E-state index in [1.807, 2.05) is 18.4 Å². The number of benzene rings is 2. The summed E-state index contributed by atoms with van der Waals surface area (Å²) in [5.41, 5.74) is 3.41. The van der Waals surface area contributed by atoms with Crippen LogP contribution in [0.5, 0.6) is 5.75 Å². The molecule has 1 amide bonds. The van der Waals surface area contributed by atoms with E-state index in [4.69, 9.17) is 22.2 Å². The maximum Gasteiger partial charge on any atom is 0.265 e. The number of rotatable bonds is 4. The second-order valence-corrected chi connectivity index (χ2v) is 4.91. The van der Waals surface area contributed by atoms with Crippen molar-refractivity contribution in [2.24, 2.45) is 5.84 Å². The molecule has 4 nitrogen and oxygen atoms in total. The van der Waals surface area contributed by atoms with Gasteiger partial charge in [-0.3, -0.25) is 10.2 Å². The second-order valence-electron chi connectivity index (χ2n) is 4.48. The lowest BCUT2D eigenvalue weighted by Crippen LogP contribution is -2.30. The van der Waals surface area contributed by atoms with E-state index in [1.165, 1.54) is 18.2 Å². The van der Waals surface area contributed by atoms with Crippen LogP contribution in [-0.2, 0) is 6.61 Å². The average molecular weight is 309 g/mol. The highest BCUT2D eigenvalue weighted by molar-refractivity contribution is 6.30. The Hall–Kier alpha value is -2.11. The zero-order valence-electron chi connectivity index (χ0n) is 11.3. The largest absolute Gasteiger partial charge is 0.488 e. The quantitative estimate of drug-likeness (QED) is 0.518. The summed E-state index contributed by atoms with van der Waals surface area (Å²) in [7, 11) is 0. The Kier molecular flexibility index (Phi) is 4.77.